The Bertz CT molecular complexity index is 828. The van der Waals surface area contributed by atoms with Gasteiger partial charge in [0.2, 0.25) is 5.91 Å². The van der Waals surface area contributed by atoms with E-state index in [0.717, 1.165) is 29.8 Å². The topological polar surface area (TPSA) is 74.8 Å². The Morgan fingerprint density at radius 2 is 1.63 bits per heavy atom. The number of hydrogen-bond acceptors (Lipinski definition) is 3. The second-order valence-corrected chi connectivity index (χ2v) is 6.63. The van der Waals surface area contributed by atoms with E-state index in [2.05, 4.69) is 33.1 Å². The zero-order chi connectivity index (χ0) is 21.1. The van der Waals surface area contributed by atoms with Crippen LogP contribution in [-0.2, 0) is 17.6 Å². The van der Waals surface area contributed by atoms with Gasteiger partial charge in [0, 0.05) is 26.7 Å². The van der Waals surface area contributed by atoms with Crippen LogP contribution in [0.2, 0.25) is 0 Å². The Morgan fingerprint density at radius 1 is 1.00 bits per heavy atom. The normalized spacial score (nSPS) is 10.7. The zero-order valence-electron chi connectivity index (χ0n) is 17.6. The van der Waals surface area contributed by atoms with Gasteiger partial charge in [0.25, 0.3) is 0 Å². The summed E-state index contributed by atoms with van der Waals surface area (Å²) in [6, 6.07) is 12.1. The van der Waals surface area contributed by atoms with Crippen molar-refractivity contribution in [2.45, 2.75) is 19.8 Å². The third-order valence-electron chi connectivity index (χ3n) is 4.42. The molecule has 0 aliphatic carbocycles. The van der Waals surface area contributed by atoms with E-state index in [1.165, 1.54) is 17.7 Å². The molecule has 0 aliphatic rings. The summed E-state index contributed by atoms with van der Waals surface area (Å²) in [5.41, 5.74) is 3.08. The Kier molecular flexibility index (Phi) is 11.8. The minimum absolute atomic E-state index is 0. The van der Waals surface area contributed by atoms with Crippen LogP contribution in [0.3, 0.4) is 0 Å². The first-order valence-corrected chi connectivity index (χ1v) is 9.61. The number of amides is 1. The lowest BCUT2D eigenvalue weighted by Gasteiger charge is -2.13. The third-order valence-corrected chi connectivity index (χ3v) is 4.42. The van der Waals surface area contributed by atoms with E-state index in [4.69, 9.17) is 4.74 Å². The first-order valence-electron chi connectivity index (χ1n) is 9.61. The van der Waals surface area contributed by atoms with Crippen molar-refractivity contribution in [1.82, 2.24) is 16.0 Å². The molecule has 0 unspecified atom stereocenters. The fraction of sp³-hybridized carbons (Fsp3) is 0.364. The highest BCUT2D eigenvalue weighted by atomic mass is 127. The van der Waals surface area contributed by atoms with Crippen LogP contribution in [-0.4, -0.2) is 45.7 Å². The minimum Gasteiger partial charge on any atom is -0.496 e. The van der Waals surface area contributed by atoms with Crippen LogP contribution in [0.15, 0.2) is 47.5 Å². The molecule has 0 radical (unpaired) electrons. The number of hydrogen-bond donors (Lipinski definition) is 3. The number of methoxy groups -OCH3 is 1. The minimum atomic E-state index is -0.307. The summed E-state index contributed by atoms with van der Waals surface area (Å²) in [6.45, 7) is 3.76. The van der Waals surface area contributed by atoms with E-state index in [9.17, 15) is 9.18 Å². The molecule has 0 saturated heterocycles. The van der Waals surface area contributed by atoms with Gasteiger partial charge in [-0.1, -0.05) is 24.3 Å². The van der Waals surface area contributed by atoms with E-state index in [1.54, 1.807) is 26.3 Å². The first-order chi connectivity index (χ1) is 14.0. The standard InChI is InChI=1S/C22H29FN4O2.HI/c1-16-4-5-18(14-20(16)29-3)10-11-26-22(24-2)27-13-12-25-21(28)15-17-6-8-19(23)9-7-17;/h4-9,14H,10-13,15H2,1-3H3,(H,25,28)(H2,24,26,27);1H. The SMILES string of the molecule is CN=C(NCCNC(=O)Cc1ccc(F)cc1)NCCc1ccc(C)c(OC)c1.I. The molecule has 0 heterocycles. The van der Waals surface area contributed by atoms with Crippen LogP contribution in [0.25, 0.3) is 0 Å². The lowest BCUT2D eigenvalue weighted by Crippen LogP contribution is -2.42. The van der Waals surface area contributed by atoms with Crippen molar-refractivity contribution in [1.29, 1.82) is 0 Å². The molecular formula is C22H30FIN4O2. The molecular weight excluding hydrogens is 498 g/mol. The molecule has 0 bridgehead atoms. The number of rotatable bonds is 9. The summed E-state index contributed by atoms with van der Waals surface area (Å²) >= 11 is 0. The van der Waals surface area contributed by atoms with Crippen molar-refractivity contribution >= 4 is 35.8 Å². The third kappa shape index (κ3) is 8.98. The summed E-state index contributed by atoms with van der Waals surface area (Å²) < 4.78 is 18.2. The molecule has 8 heteroatoms. The van der Waals surface area contributed by atoms with Crippen molar-refractivity contribution in [2.75, 3.05) is 33.8 Å². The van der Waals surface area contributed by atoms with Gasteiger partial charge in [-0.05, 0) is 48.2 Å². The van der Waals surface area contributed by atoms with E-state index in [-0.39, 0.29) is 42.1 Å². The molecule has 30 heavy (non-hydrogen) atoms. The van der Waals surface area contributed by atoms with Crippen LogP contribution >= 0.6 is 24.0 Å². The van der Waals surface area contributed by atoms with E-state index >= 15 is 0 Å². The van der Waals surface area contributed by atoms with Crippen LogP contribution in [0.1, 0.15) is 16.7 Å². The molecule has 164 valence electrons. The number of halogens is 2. The molecule has 0 saturated carbocycles. The van der Waals surface area contributed by atoms with Gasteiger partial charge in [-0.3, -0.25) is 9.79 Å². The fourth-order valence-electron chi connectivity index (χ4n) is 2.80. The van der Waals surface area contributed by atoms with Gasteiger partial charge in [-0.15, -0.1) is 24.0 Å². The molecule has 0 atom stereocenters. The average molecular weight is 528 g/mol. The van der Waals surface area contributed by atoms with Gasteiger partial charge in [-0.25, -0.2) is 4.39 Å². The summed E-state index contributed by atoms with van der Waals surface area (Å²) in [6.07, 6.45) is 1.07. The quantitative estimate of drug-likeness (QED) is 0.203. The predicted octanol–water partition coefficient (Wildman–Crippen LogP) is 2.83. The van der Waals surface area contributed by atoms with Gasteiger partial charge in [0.1, 0.15) is 11.6 Å². The van der Waals surface area contributed by atoms with Crippen LogP contribution < -0.4 is 20.7 Å². The monoisotopic (exact) mass is 528 g/mol. The number of carbonyl (C=O) groups is 1. The molecule has 1 amide bonds. The van der Waals surface area contributed by atoms with E-state index in [0.29, 0.717) is 19.0 Å². The molecule has 2 rings (SSSR count). The Morgan fingerprint density at radius 3 is 2.30 bits per heavy atom. The smallest absolute Gasteiger partial charge is 0.224 e. The molecule has 6 nitrogen and oxygen atoms in total. The van der Waals surface area contributed by atoms with E-state index < -0.39 is 0 Å². The lowest BCUT2D eigenvalue weighted by molar-refractivity contribution is -0.120. The average Bonchev–Trinajstić information content (AvgIpc) is 2.72. The van der Waals surface area contributed by atoms with Crippen LogP contribution in [0, 0.1) is 12.7 Å². The molecule has 3 N–H and O–H groups in total. The molecule has 0 aliphatic heterocycles. The lowest BCUT2D eigenvalue weighted by atomic mass is 10.1. The summed E-state index contributed by atoms with van der Waals surface area (Å²) in [5.74, 6) is 1.16. The molecule has 0 spiro atoms. The number of nitrogens with one attached hydrogen (secondary N) is 3. The highest BCUT2D eigenvalue weighted by Gasteiger charge is 2.04. The summed E-state index contributed by atoms with van der Waals surface area (Å²) in [7, 11) is 3.38. The fourth-order valence-corrected chi connectivity index (χ4v) is 2.80. The Labute approximate surface area is 194 Å². The van der Waals surface area contributed by atoms with Gasteiger partial charge >= 0.3 is 0 Å². The summed E-state index contributed by atoms with van der Waals surface area (Å²) in [4.78, 5) is 16.1. The number of aliphatic imine (C=N–C) groups is 1. The maximum absolute atomic E-state index is 12.9. The largest absolute Gasteiger partial charge is 0.496 e. The van der Waals surface area contributed by atoms with Crippen molar-refractivity contribution in [3.8, 4) is 5.75 Å². The first kappa shape index (κ1) is 25.7. The van der Waals surface area contributed by atoms with Crippen molar-refractivity contribution in [3.05, 3.63) is 65.0 Å². The summed E-state index contributed by atoms with van der Waals surface area (Å²) in [5, 5.41) is 9.25. The molecule has 2 aromatic carbocycles. The number of benzene rings is 2. The predicted molar refractivity (Wildman–Crippen MR) is 129 cm³/mol. The van der Waals surface area contributed by atoms with Crippen molar-refractivity contribution < 1.29 is 13.9 Å². The maximum atomic E-state index is 12.9. The number of ether oxygens (including phenoxy) is 1. The highest BCUT2D eigenvalue weighted by molar-refractivity contribution is 14.0. The second-order valence-electron chi connectivity index (χ2n) is 6.63. The maximum Gasteiger partial charge on any atom is 0.224 e. The van der Waals surface area contributed by atoms with Crippen molar-refractivity contribution in [3.63, 3.8) is 0 Å². The number of guanidine groups is 1. The molecule has 0 fully saturated rings. The number of aryl methyl sites for hydroxylation is 1. The number of nitrogens with zero attached hydrogens (tertiary/aromatic N) is 1. The van der Waals surface area contributed by atoms with Gasteiger partial charge in [0.15, 0.2) is 5.96 Å². The van der Waals surface area contributed by atoms with Gasteiger partial charge in [-0.2, -0.15) is 0 Å². The molecule has 0 aromatic heterocycles. The zero-order valence-corrected chi connectivity index (χ0v) is 20.0. The van der Waals surface area contributed by atoms with Crippen LogP contribution in [0.4, 0.5) is 4.39 Å². The van der Waals surface area contributed by atoms with Gasteiger partial charge in [0.05, 0.1) is 13.5 Å². The Balaban J connectivity index is 0.00000450. The van der Waals surface area contributed by atoms with Gasteiger partial charge < -0.3 is 20.7 Å². The van der Waals surface area contributed by atoms with E-state index in [1.807, 2.05) is 13.0 Å². The van der Waals surface area contributed by atoms with Crippen LogP contribution in [0.5, 0.6) is 5.75 Å². The molecule has 2 aromatic rings. The highest BCUT2D eigenvalue weighted by Crippen LogP contribution is 2.18. The van der Waals surface area contributed by atoms with Crippen molar-refractivity contribution in [2.24, 2.45) is 4.99 Å². The second kappa shape index (κ2) is 13.8. The Hall–Kier alpha value is -2.36. The number of carbonyl (C=O) groups excluding carboxylic acids is 1.